The highest BCUT2D eigenvalue weighted by Gasteiger charge is 2.16. The fourth-order valence-electron chi connectivity index (χ4n) is 4.34. The van der Waals surface area contributed by atoms with Crippen LogP contribution in [-0.2, 0) is 0 Å². The van der Waals surface area contributed by atoms with E-state index in [0.29, 0.717) is 6.54 Å². The topological polar surface area (TPSA) is 85.5 Å². The number of aromatic amines is 2. The van der Waals surface area contributed by atoms with E-state index in [4.69, 9.17) is 0 Å². The lowest BCUT2D eigenvalue weighted by atomic mass is 10.1. The Morgan fingerprint density at radius 2 is 1.95 bits per heavy atom. The predicted octanol–water partition coefficient (Wildman–Crippen LogP) is 6.51. The van der Waals surface area contributed by atoms with Gasteiger partial charge in [0.05, 0.1) is 33.7 Å². The number of H-pyrrole nitrogens is 2. The molecule has 0 aliphatic carbocycles. The fourth-order valence-corrected chi connectivity index (χ4v) is 5.08. The van der Waals surface area contributed by atoms with Gasteiger partial charge in [0.1, 0.15) is 5.69 Å². The minimum absolute atomic E-state index is 0.237. The van der Waals surface area contributed by atoms with E-state index in [2.05, 4.69) is 43.6 Å². The predicted molar refractivity (Wildman–Crippen MR) is 155 cm³/mol. The molecule has 5 heterocycles. The molecule has 0 bridgehead atoms. The van der Waals surface area contributed by atoms with Crippen molar-refractivity contribution >= 4 is 38.7 Å². The van der Waals surface area contributed by atoms with E-state index in [9.17, 15) is 4.39 Å². The lowest BCUT2D eigenvalue weighted by molar-refractivity contribution is 0.438. The molecule has 0 saturated heterocycles. The van der Waals surface area contributed by atoms with E-state index in [0.717, 1.165) is 77.8 Å². The van der Waals surface area contributed by atoms with Crippen LogP contribution in [0.5, 0.6) is 0 Å². The summed E-state index contributed by atoms with van der Waals surface area (Å²) < 4.78 is 13.7. The second-order valence-corrected chi connectivity index (χ2v) is 10.1. The van der Waals surface area contributed by atoms with Crippen LogP contribution in [0.4, 0.5) is 4.39 Å². The van der Waals surface area contributed by atoms with Gasteiger partial charge in [-0.1, -0.05) is 19.2 Å². The van der Waals surface area contributed by atoms with Gasteiger partial charge in [0.15, 0.2) is 5.13 Å². The van der Waals surface area contributed by atoms with E-state index in [1.165, 1.54) is 6.07 Å². The van der Waals surface area contributed by atoms with Crippen LogP contribution in [-0.4, -0.2) is 50.7 Å². The van der Waals surface area contributed by atoms with Crippen molar-refractivity contribution in [3.05, 3.63) is 96.3 Å². The average molecular weight is 526 g/mol. The van der Waals surface area contributed by atoms with Crippen molar-refractivity contribution < 1.29 is 4.39 Å². The Morgan fingerprint density at radius 3 is 2.66 bits per heavy atom. The maximum Gasteiger partial charge on any atom is 0.177 e. The third kappa shape index (κ3) is 5.06. The Bertz CT molecular complexity index is 1720. The molecule has 9 heteroatoms. The second-order valence-electron chi connectivity index (χ2n) is 9.11. The number of likely N-dealkylation sites (N-methyl/N-ethyl adjacent to an activating group) is 1. The smallest absolute Gasteiger partial charge is 0.177 e. The molecule has 38 heavy (non-hydrogen) atoms. The van der Waals surface area contributed by atoms with Crippen molar-refractivity contribution in [2.45, 2.75) is 6.92 Å². The normalized spacial score (nSPS) is 12.6. The summed E-state index contributed by atoms with van der Waals surface area (Å²) in [7, 11) is 3.99. The highest BCUT2D eigenvalue weighted by Crippen LogP contribution is 2.35. The number of allylic oxidation sites excluding steroid dienone is 4. The van der Waals surface area contributed by atoms with Crippen LogP contribution in [0.2, 0.25) is 0 Å². The summed E-state index contributed by atoms with van der Waals surface area (Å²) in [5.41, 5.74) is 7.50. The molecule has 7 nitrogen and oxygen atoms in total. The quantitative estimate of drug-likeness (QED) is 0.191. The maximum absolute atomic E-state index is 13.7. The van der Waals surface area contributed by atoms with Gasteiger partial charge in [-0.3, -0.25) is 15.1 Å². The minimum Gasteiger partial charge on any atom is -0.358 e. The van der Waals surface area contributed by atoms with Crippen molar-refractivity contribution in [3.63, 3.8) is 0 Å². The zero-order valence-electron chi connectivity index (χ0n) is 21.5. The van der Waals surface area contributed by atoms with E-state index in [-0.39, 0.29) is 5.13 Å². The van der Waals surface area contributed by atoms with Gasteiger partial charge < -0.3 is 15.2 Å². The first-order valence-electron chi connectivity index (χ1n) is 12.0. The van der Waals surface area contributed by atoms with Gasteiger partial charge in [0.25, 0.3) is 0 Å². The molecule has 3 N–H and O–H groups in total. The Balaban J connectivity index is 1.52. The summed E-state index contributed by atoms with van der Waals surface area (Å²) in [6, 6.07) is 9.16. The fraction of sp³-hybridized carbons (Fsp3) is 0.138. The molecule has 0 fully saturated rings. The molecule has 5 aromatic heterocycles. The van der Waals surface area contributed by atoms with Crippen molar-refractivity contribution in [2.24, 2.45) is 0 Å². The number of halogens is 1. The van der Waals surface area contributed by atoms with Crippen molar-refractivity contribution in [3.8, 4) is 22.0 Å². The highest BCUT2D eigenvalue weighted by atomic mass is 32.1. The van der Waals surface area contributed by atoms with Crippen LogP contribution in [0.3, 0.4) is 0 Å². The molecule has 0 aromatic carbocycles. The number of hydrogen-bond acceptors (Lipinski definition) is 6. The van der Waals surface area contributed by atoms with E-state index in [1.807, 2.05) is 56.3 Å². The van der Waals surface area contributed by atoms with Crippen LogP contribution in [0.15, 0.2) is 85.5 Å². The lowest BCUT2D eigenvalue weighted by Gasteiger charge is -2.15. The molecule has 0 atom stereocenters. The Hall–Kier alpha value is -4.34. The van der Waals surface area contributed by atoms with E-state index >= 15 is 0 Å². The van der Waals surface area contributed by atoms with E-state index in [1.54, 1.807) is 24.5 Å². The lowest BCUT2D eigenvalue weighted by Crippen LogP contribution is -2.23. The first-order valence-corrected chi connectivity index (χ1v) is 12.9. The summed E-state index contributed by atoms with van der Waals surface area (Å²) in [5.74, 6) is 0. The number of nitrogens with zero attached hydrogens (tertiary/aromatic N) is 4. The molecule has 0 amide bonds. The zero-order valence-corrected chi connectivity index (χ0v) is 22.3. The van der Waals surface area contributed by atoms with Crippen molar-refractivity contribution in [1.82, 2.24) is 35.4 Å². The molecular weight excluding hydrogens is 497 g/mol. The van der Waals surface area contributed by atoms with Crippen LogP contribution < -0.4 is 5.32 Å². The van der Waals surface area contributed by atoms with Gasteiger partial charge in [-0.2, -0.15) is 9.49 Å². The number of hydrogen-bond donors (Lipinski definition) is 3. The summed E-state index contributed by atoms with van der Waals surface area (Å²) in [6.45, 7) is 10.7. The molecular formula is C29H28FN7S. The monoisotopic (exact) mass is 525 g/mol. The molecule has 5 aromatic rings. The summed E-state index contributed by atoms with van der Waals surface area (Å²) in [5, 5.41) is 12.6. The Labute approximate surface area is 224 Å². The van der Waals surface area contributed by atoms with Gasteiger partial charge in [-0.15, -0.1) is 11.3 Å². The molecule has 192 valence electrons. The Morgan fingerprint density at radius 1 is 1.13 bits per heavy atom. The summed E-state index contributed by atoms with van der Waals surface area (Å²) in [4.78, 5) is 15.5. The number of rotatable bonds is 9. The second kappa shape index (κ2) is 10.6. The van der Waals surface area contributed by atoms with Crippen LogP contribution in [0.1, 0.15) is 12.6 Å². The molecule has 0 aliphatic rings. The molecule has 5 rings (SSSR count). The van der Waals surface area contributed by atoms with Gasteiger partial charge in [0, 0.05) is 40.4 Å². The first kappa shape index (κ1) is 25.3. The van der Waals surface area contributed by atoms with Gasteiger partial charge in [-0.25, -0.2) is 0 Å². The SMILES string of the molecule is C=C/C(=C\C(=C/C)c1cc2c(-c3cc4c(-c5ccc(F)s5)nccc4[nH]3)n[nH]c2cn1)NC(=C)CN(C)C. The minimum atomic E-state index is -0.237. The average Bonchev–Trinajstić information content (AvgIpc) is 3.63. The zero-order chi connectivity index (χ0) is 26.8. The maximum atomic E-state index is 13.7. The van der Waals surface area contributed by atoms with Gasteiger partial charge >= 0.3 is 0 Å². The number of nitrogens with one attached hydrogen (secondary N) is 3. The largest absolute Gasteiger partial charge is 0.358 e. The number of fused-ring (bicyclic) bond motifs is 2. The molecule has 0 aliphatic heterocycles. The van der Waals surface area contributed by atoms with E-state index < -0.39 is 0 Å². The third-order valence-corrected chi connectivity index (χ3v) is 6.90. The van der Waals surface area contributed by atoms with Crippen LogP contribution >= 0.6 is 11.3 Å². The molecule has 0 radical (unpaired) electrons. The molecule has 0 saturated carbocycles. The third-order valence-electron chi connectivity index (χ3n) is 6.02. The number of pyridine rings is 2. The first-order chi connectivity index (χ1) is 18.4. The van der Waals surface area contributed by atoms with Crippen molar-refractivity contribution in [1.29, 1.82) is 0 Å². The van der Waals surface area contributed by atoms with Gasteiger partial charge in [-0.05, 0) is 69.1 Å². The van der Waals surface area contributed by atoms with Crippen LogP contribution in [0.25, 0.3) is 49.3 Å². The van der Waals surface area contributed by atoms with Crippen LogP contribution in [0, 0.1) is 5.13 Å². The molecule has 0 unspecified atom stereocenters. The van der Waals surface area contributed by atoms with Crippen molar-refractivity contribution in [2.75, 3.05) is 20.6 Å². The Kier molecular flexibility index (Phi) is 7.04. The van der Waals surface area contributed by atoms with Gasteiger partial charge in [0.2, 0.25) is 0 Å². The summed E-state index contributed by atoms with van der Waals surface area (Å²) >= 11 is 1.08. The summed E-state index contributed by atoms with van der Waals surface area (Å²) in [6.07, 6.45) is 9.29. The standard InChI is InChI=1S/C29H28FN7S/c1-6-18(12-19(7-2)33-17(3)16-37(4)5)23-13-21-25(15-32-23)35-36-28(21)24-14-20-22(34-24)10-11-31-29(20)26-8-9-27(30)38-26/h6-15,33-34H,2-3,16H2,1,4-5H3,(H,35,36)/b18-6+,19-12+. The molecule has 0 spiro atoms. The highest BCUT2D eigenvalue weighted by molar-refractivity contribution is 7.13. The number of thiophene rings is 1. The number of aromatic nitrogens is 5.